The molecule has 0 unspecified atom stereocenters. The van der Waals surface area contributed by atoms with E-state index in [1.54, 1.807) is 4.90 Å². The van der Waals surface area contributed by atoms with Gasteiger partial charge in [0.25, 0.3) is 5.91 Å². The van der Waals surface area contributed by atoms with Gasteiger partial charge in [-0.2, -0.15) is 5.26 Å². The average molecular weight is 657 g/mol. The third-order valence-corrected chi connectivity index (χ3v) is 10.8. The number of likely N-dealkylation sites (tertiary alicyclic amines) is 3. The van der Waals surface area contributed by atoms with Crippen molar-refractivity contribution < 1.29 is 24.2 Å². The van der Waals surface area contributed by atoms with E-state index in [0.717, 1.165) is 62.0 Å². The fraction of sp³-hybridized carbons (Fsp3) is 0.568. The van der Waals surface area contributed by atoms with Crippen LogP contribution in [0.1, 0.15) is 60.8 Å². The summed E-state index contributed by atoms with van der Waals surface area (Å²) < 4.78 is 6.05. The highest BCUT2D eigenvalue weighted by Crippen LogP contribution is 2.28. The van der Waals surface area contributed by atoms with E-state index >= 15 is 0 Å². The summed E-state index contributed by atoms with van der Waals surface area (Å²) in [5.74, 6) is 0.177. The number of carbonyl (C=O) groups is 3. The Morgan fingerprint density at radius 3 is 2.21 bits per heavy atom. The minimum atomic E-state index is -0.989. The number of rotatable bonds is 6. The molecule has 256 valence electrons. The lowest BCUT2D eigenvalue weighted by Gasteiger charge is -2.41. The fourth-order valence-electron chi connectivity index (χ4n) is 7.90. The van der Waals surface area contributed by atoms with Crippen molar-refractivity contribution in [2.45, 2.75) is 83.4 Å². The van der Waals surface area contributed by atoms with Crippen molar-refractivity contribution in [2.24, 2.45) is 5.92 Å². The third-order valence-electron chi connectivity index (χ3n) is 10.8. The van der Waals surface area contributed by atoms with Gasteiger partial charge in [0.2, 0.25) is 0 Å². The van der Waals surface area contributed by atoms with Gasteiger partial charge in [0.05, 0.1) is 6.07 Å². The molecule has 6 rings (SSSR count). The molecule has 0 aliphatic carbocycles. The number of aryl methyl sites for hydroxylation is 2. The number of nitrogens with zero attached hydrogens (tertiary/aromatic N) is 5. The number of ether oxygens (including phenoxy) is 1. The SMILES string of the molecule is Cc1cc(C[C@@H](OC(=O)N2CCC(N3CCc4ccccc4NC3=O)CC2)C(=O)N2CCC(N3CCC(C#N)CC3)CC2)cc(C)c1O. The smallest absolute Gasteiger partial charge is 0.410 e. The van der Waals surface area contributed by atoms with Crippen molar-refractivity contribution in [1.29, 1.82) is 5.26 Å². The highest BCUT2D eigenvalue weighted by molar-refractivity contribution is 5.91. The highest BCUT2D eigenvalue weighted by Gasteiger charge is 2.36. The molecule has 48 heavy (non-hydrogen) atoms. The molecule has 0 bridgehead atoms. The van der Waals surface area contributed by atoms with Crippen LogP contribution >= 0.6 is 0 Å². The Balaban J connectivity index is 1.08. The summed E-state index contributed by atoms with van der Waals surface area (Å²) in [7, 11) is 0. The number of nitrogens with one attached hydrogen (secondary N) is 1. The van der Waals surface area contributed by atoms with Gasteiger partial charge in [0.1, 0.15) is 5.75 Å². The number of nitriles is 1. The number of anilines is 1. The number of fused-ring (bicyclic) bond motifs is 1. The summed E-state index contributed by atoms with van der Waals surface area (Å²) in [6.45, 7) is 8.17. The molecule has 3 fully saturated rings. The van der Waals surface area contributed by atoms with E-state index in [9.17, 15) is 24.8 Å². The van der Waals surface area contributed by atoms with Crippen LogP contribution in [-0.2, 0) is 22.4 Å². The second kappa shape index (κ2) is 14.9. The lowest BCUT2D eigenvalue weighted by molar-refractivity contribution is -0.142. The van der Waals surface area contributed by atoms with Crippen LogP contribution in [0, 0.1) is 31.1 Å². The molecule has 0 spiro atoms. The zero-order chi connectivity index (χ0) is 33.8. The number of urea groups is 1. The topological polar surface area (TPSA) is 129 Å². The molecular formula is C37H48N6O5. The lowest BCUT2D eigenvalue weighted by atomic mass is 9.94. The van der Waals surface area contributed by atoms with Crippen LogP contribution < -0.4 is 5.32 Å². The summed E-state index contributed by atoms with van der Waals surface area (Å²) in [4.78, 5) is 48.6. The van der Waals surface area contributed by atoms with E-state index in [2.05, 4.69) is 16.3 Å². The zero-order valence-corrected chi connectivity index (χ0v) is 28.2. The van der Waals surface area contributed by atoms with Crippen molar-refractivity contribution >= 4 is 23.7 Å². The number of hydrogen-bond acceptors (Lipinski definition) is 7. The fourth-order valence-corrected chi connectivity index (χ4v) is 7.90. The summed E-state index contributed by atoms with van der Waals surface area (Å²) in [6, 6.07) is 14.3. The summed E-state index contributed by atoms with van der Waals surface area (Å²) in [5, 5.41) is 22.6. The van der Waals surface area contributed by atoms with E-state index < -0.39 is 12.2 Å². The van der Waals surface area contributed by atoms with Gasteiger partial charge < -0.3 is 34.8 Å². The predicted molar refractivity (Wildman–Crippen MR) is 182 cm³/mol. The summed E-state index contributed by atoms with van der Waals surface area (Å²) >= 11 is 0. The standard InChI is InChI=1S/C37H48N6O5/c1-25-21-28(22-26(2)34(25)44)23-33(35(45)41-16-10-30(11-17-41)40-14-7-27(24-38)8-15-40)48-37(47)42-18-12-31(13-19-42)43-20-9-29-5-3-4-6-32(29)39-36(43)46/h3-6,21-22,27,30-31,33,44H,7-20,23H2,1-2H3,(H,39,46)/t33-/m1/s1. The van der Waals surface area contributed by atoms with Crippen molar-refractivity contribution in [3.63, 3.8) is 0 Å². The molecule has 0 radical (unpaired) electrons. The second-order valence-corrected chi connectivity index (χ2v) is 13.9. The number of benzene rings is 2. The Morgan fingerprint density at radius 1 is 0.917 bits per heavy atom. The van der Waals surface area contributed by atoms with Crippen molar-refractivity contribution in [3.8, 4) is 11.8 Å². The van der Waals surface area contributed by atoms with Gasteiger partial charge in [-0.3, -0.25) is 4.79 Å². The van der Waals surface area contributed by atoms with Crippen LogP contribution in [0.15, 0.2) is 36.4 Å². The molecule has 11 heteroatoms. The molecule has 3 saturated heterocycles. The van der Waals surface area contributed by atoms with Gasteiger partial charge >= 0.3 is 12.1 Å². The van der Waals surface area contributed by atoms with Gasteiger partial charge in [-0.05, 0) is 100 Å². The Morgan fingerprint density at radius 2 is 1.54 bits per heavy atom. The molecule has 4 heterocycles. The minimum absolute atomic E-state index is 0.00993. The number of carbonyl (C=O) groups excluding carboxylic acids is 3. The molecule has 1 atom stereocenters. The number of phenols is 1. The van der Waals surface area contributed by atoms with Crippen LogP contribution in [0.3, 0.4) is 0 Å². The number of hydrogen-bond donors (Lipinski definition) is 2. The van der Waals surface area contributed by atoms with Gasteiger partial charge in [0.15, 0.2) is 6.10 Å². The number of piperidine rings is 3. The van der Waals surface area contributed by atoms with Crippen LogP contribution in [-0.4, -0.2) is 107 Å². The summed E-state index contributed by atoms with van der Waals surface area (Å²) in [6.07, 6.45) is 4.25. The Bertz CT molecular complexity index is 1510. The lowest BCUT2D eigenvalue weighted by Crippen LogP contribution is -2.53. The summed E-state index contributed by atoms with van der Waals surface area (Å²) in [5.41, 5.74) is 4.23. The van der Waals surface area contributed by atoms with Crippen molar-refractivity contribution in [2.75, 3.05) is 51.1 Å². The maximum atomic E-state index is 14.0. The molecule has 4 aliphatic heterocycles. The monoisotopic (exact) mass is 656 g/mol. The molecule has 2 aromatic carbocycles. The van der Waals surface area contributed by atoms with Crippen LogP contribution in [0.5, 0.6) is 5.75 Å². The molecular weight excluding hydrogens is 608 g/mol. The van der Waals surface area contributed by atoms with Crippen LogP contribution in [0.2, 0.25) is 0 Å². The average Bonchev–Trinajstić information content (AvgIpc) is 3.28. The molecule has 11 nitrogen and oxygen atoms in total. The largest absolute Gasteiger partial charge is 0.507 e. The predicted octanol–water partition coefficient (Wildman–Crippen LogP) is 4.84. The first-order chi connectivity index (χ1) is 23.2. The Labute approximate surface area is 283 Å². The first kappa shape index (κ1) is 33.6. The van der Waals surface area contributed by atoms with E-state index in [1.165, 1.54) is 0 Å². The number of aromatic hydroxyl groups is 1. The van der Waals surface area contributed by atoms with E-state index in [0.29, 0.717) is 62.7 Å². The molecule has 2 N–H and O–H groups in total. The number of phenolic OH excluding ortho intramolecular Hbond substituents is 1. The van der Waals surface area contributed by atoms with Gasteiger partial charge in [-0.25, -0.2) is 9.59 Å². The second-order valence-electron chi connectivity index (χ2n) is 13.9. The minimum Gasteiger partial charge on any atom is -0.507 e. The number of para-hydroxylation sites is 1. The number of amides is 4. The Hall–Kier alpha value is -4.30. The van der Waals surface area contributed by atoms with E-state index in [-0.39, 0.29) is 36.1 Å². The highest BCUT2D eigenvalue weighted by atomic mass is 16.6. The molecule has 4 aliphatic rings. The normalized spacial score (nSPS) is 20.8. The molecule has 2 aromatic rings. The first-order valence-electron chi connectivity index (χ1n) is 17.5. The van der Waals surface area contributed by atoms with Gasteiger partial charge in [0, 0.05) is 62.8 Å². The van der Waals surface area contributed by atoms with Crippen molar-refractivity contribution in [3.05, 3.63) is 58.7 Å². The van der Waals surface area contributed by atoms with E-state index in [4.69, 9.17) is 4.74 Å². The van der Waals surface area contributed by atoms with Gasteiger partial charge in [-0.1, -0.05) is 30.3 Å². The molecule has 4 amide bonds. The first-order valence-corrected chi connectivity index (χ1v) is 17.5. The quantitative estimate of drug-likeness (QED) is 0.456. The van der Waals surface area contributed by atoms with E-state index in [1.807, 2.05) is 60.0 Å². The molecule has 0 saturated carbocycles. The maximum absolute atomic E-state index is 14.0. The van der Waals surface area contributed by atoms with Crippen LogP contribution in [0.25, 0.3) is 0 Å². The van der Waals surface area contributed by atoms with Crippen LogP contribution in [0.4, 0.5) is 15.3 Å². The zero-order valence-electron chi connectivity index (χ0n) is 28.2. The molecule has 0 aromatic heterocycles. The maximum Gasteiger partial charge on any atom is 0.410 e. The van der Waals surface area contributed by atoms with Crippen molar-refractivity contribution in [1.82, 2.24) is 19.6 Å². The third kappa shape index (κ3) is 7.54. The van der Waals surface area contributed by atoms with Gasteiger partial charge in [-0.15, -0.1) is 0 Å². The Kier molecular flexibility index (Phi) is 10.4.